The van der Waals surface area contributed by atoms with E-state index >= 15 is 0 Å². The zero-order chi connectivity index (χ0) is 37.0. The summed E-state index contributed by atoms with van der Waals surface area (Å²) in [5, 5.41) is 2.86. The molecule has 0 aliphatic rings. The van der Waals surface area contributed by atoms with Gasteiger partial charge in [-0.05, 0) is 50.9 Å². The third-order valence-electron chi connectivity index (χ3n) is 8.31. The van der Waals surface area contributed by atoms with Crippen molar-refractivity contribution in [1.82, 2.24) is 20.0 Å². The van der Waals surface area contributed by atoms with Crippen LogP contribution in [0.2, 0.25) is 0 Å². The molecule has 272 valence electrons. The van der Waals surface area contributed by atoms with Gasteiger partial charge in [-0.2, -0.15) is 11.8 Å². The van der Waals surface area contributed by atoms with Crippen LogP contribution in [0.3, 0.4) is 0 Å². The summed E-state index contributed by atoms with van der Waals surface area (Å²) in [7, 11) is 5.82. The molecule has 0 aliphatic carbocycles. The molecule has 0 saturated heterocycles. The van der Waals surface area contributed by atoms with Gasteiger partial charge in [-0.15, -0.1) is 0 Å². The van der Waals surface area contributed by atoms with E-state index < -0.39 is 64.6 Å². The van der Waals surface area contributed by atoms with Crippen LogP contribution < -0.4 is 16.8 Å². The zero-order valence-electron chi connectivity index (χ0n) is 30.9. The Bertz CT molecular complexity index is 1080. The molecule has 14 heteroatoms. The second-order valence-corrected chi connectivity index (χ2v) is 15.7. The Labute approximate surface area is 286 Å². The number of carbonyl (C=O) groups is 6. The van der Waals surface area contributed by atoms with Crippen molar-refractivity contribution < 1.29 is 33.5 Å². The second-order valence-electron chi connectivity index (χ2n) is 14.0. The van der Waals surface area contributed by atoms with Gasteiger partial charge in [0.25, 0.3) is 0 Å². The monoisotopic (exact) mass is 686 g/mol. The molecule has 0 saturated carbocycles. The van der Waals surface area contributed by atoms with Crippen molar-refractivity contribution in [3.05, 3.63) is 0 Å². The van der Waals surface area contributed by atoms with E-state index in [1.807, 2.05) is 34.6 Å². The van der Waals surface area contributed by atoms with Crippen LogP contribution >= 0.6 is 11.8 Å². The van der Waals surface area contributed by atoms with Crippen molar-refractivity contribution in [2.75, 3.05) is 34.0 Å². The highest BCUT2D eigenvalue weighted by molar-refractivity contribution is 8.00. The lowest BCUT2D eigenvalue weighted by atomic mass is 9.97. The highest BCUT2D eigenvalue weighted by Crippen LogP contribution is 2.30. The minimum Gasteiger partial charge on any atom is -0.468 e. The van der Waals surface area contributed by atoms with Crippen molar-refractivity contribution >= 4 is 47.3 Å². The number of thioether (sulfide) groups is 1. The van der Waals surface area contributed by atoms with Crippen molar-refractivity contribution in [2.24, 2.45) is 29.2 Å². The summed E-state index contributed by atoms with van der Waals surface area (Å²) in [6, 6.07) is -4.77. The van der Waals surface area contributed by atoms with E-state index in [0.29, 0.717) is 12.8 Å². The molecule has 0 aromatic heterocycles. The van der Waals surface area contributed by atoms with Crippen LogP contribution in [0.5, 0.6) is 0 Å². The van der Waals surface area contributed by atoms with E-state index in [0.717, 1.165) is 0 Å². The van der Waals surface area contributed by atoms with Crippen molar-refractivity contribution in [2.45, 2.75) is 123 Å². The number of nitrogens with one attached hydrogen (secondary N) is 1. The summed E-state index contributed by atoms with van der Waals surface area (Å²) < 4.78 is 3.97. The van der Waals surface area contributed by atoms with Crippen LogP contribution in [0.15, 0.2) is 0 Å². The lowest BCUT2D eigenvalue weighted by molar-refractivity contribution is -0.148. The molecule has 0 bridgehead atoms. The summed E-state index contributed by atoms with van der Waals surface area (Å²) in [6.07, 6.45) is 1.46. The number of primary amides is 1. The minimum atomic E-state index is -0.986. The van der Waals surface area contributed by atoms with Crippen LogP contribution in [0.25, 0.3) is 0 Å². The van der Waals surface area contributed by atoms with Crippen LogP contribution in [0.4, 0.5) is 0 Å². The van der Waals surface area contributed by atoms with Crippen LogP contribution in [-0.4, -0.2) is 119 Å². The second kappa shape index (κ2) is 19.8. The Hall–Kier alpha value is -2.87. The van der Waals surface area contributed by atoms with Gasteiger partial charge in [0.05, 0.1) is 7.11 Å². The lowest BCUT2D eigenvalue weighted by Crippen LogP contribution is -2.60. The molecule has 0 rings (SSSR count). The van der Waals surface area contributed by atoms with E-state index in [9.17, 15) is 28.8 Å². The molecule has 13 nitrogen and oxygen atoms in total. The van der Waals surface area contributed by atoms with Crippen LogP contribution in [0, 0.1) is 17.8 Å². The van der Waals surface area contributed by atoms with Gasteiger partial charge in [0.1, 0.15) is 30.2 Å². The van der Waals surface area contributed by atoms with Gasteiger partial charge >= 0.3 is 5.97 Å². The maximum absolute atomic E-state index is 14.2. The summed E-state index contributed by atoms with van der Waals surface area (Å²) >= 11 is 1.26. The van der Waals surface area contributed by atoms with Gasteiger partial charge in [-0.25, -0.2) is 0 Å². The predicted molar refractivity (Wildman–Crippen MR) is 186 cm³/mol. The van der Waals surface area contributed by atoms with E-state index in [-0.39, 0.29) is 42.3 Å². The fraction of sp³-hybridized carbons (Fsp3) is 0.818. The first-order valence-electron chi connectivity index (χ1n) is 16.4. The first-order valence-corrected chi connectivity index (χ1v) is 17.4. The minimum absolute atomic E-state index is 0.00794. The quantitative estimate of drug-likeness (QED) is 0.161. The molecule has 5 amide bonds. The predicted octanol–water partition coefficient (Wildman–Crippen LogP) is 2.00. The summed E-state index contributed by atoms with van der Waals surface area (Å²) in [6.45, 7) is 16.6. The Morgan fingerprint density at radius 2 is 1.30 bits per heavy atom. The Kier molecular flexibility index (Phi) is 18.6. The average Bonchev–Trinajstić information content (AvgIpc) is 2.98. The number of esters is 1. The van der Waals surface area contributed by atoms with E-state index in [1.165, 1.54) is 47.7 Å². The molecular formula is C33H62N6O7S. The van der Waals surface area contributed by atoms with Gasteiger partial charge in [-0.1, -0.05) is 48.5 Å². The maximum Gasteiger partial charge on any atom is 0.324 e. The van der Waals surface area contributed by atoms with E-state index in [1.54, 1.807) is 34.7 Å². The van der Waals surface area contributed by atoms with Gasteiger partial charge in [0, 0.05) is 38.1 Å². The summed E-state index contributed by atoms with van der Waals surface area (Å²) in [5.74, 6) is -3.08. The lowest BCUT2D eigenvalue weighted by Gasteiger charge is -2.38. The summed E-state index contributed by atoms with van der Waals surface area (Å²) in [5.41, 5.74) is 11.8. The standard InChI is InChI=1S/C33H62N6O7S/c1-14-15-25(40)37(10)24(18-47-33(8,9)27(34)32(45)46-13)30(43)39(12)23(17-20(4)5)29(42)36-26(21(6)7)31(44)38(11)22(28(35)41)16-19(2)3/h19-24,26-27H,14-18,34H2,1-13H3,(H2,35,41)(H,36,42)/t22-,23-,24+,26-,27-/m0/s1. The molecule has 0 fully saturated rings. The third-order valence-corrected chi connectivity index (χ3v) is 9.79. The van der Waals surface area contributed by atoms with E-state index in [4.69, 9.17) is 16.2 Å². The number of nitrogens with zero attached hydrogens (tertiary/aromatic N) is 3. The molecule has 0 aromatic rings. The van der Waals surface area contributed by atoms with Crippen molar-refractivity contribution in [1.29, 1.82) is 0 Å². The Morgan fingerprint density at radius 3 is 1.72 bits per heavy atom. The molecule has 5 atom stereocenters. The number of rotatable bonds is 20. The van der Waals surface area contributed by atoms with E-state index in [2.05, 4.69) is 5.32 Å². The molecule has 0 aliphatic heterocycles. The number of hydrogen-bond donors (Lipinski definition) is 3. The first-order chi connectivity index (χ1) is 21.5. The number of methoxy groups -OCH3 is 1. The smallest absolute Gasteiger partial charge is 0.324 e. The van der Waals surface area contributed by atoms with Crippen molar-refractivity contribution in [3.63, 3.8) is 0 Å². The molecule has 5 N–H and O–H groups in total. The highest BCUT2D eigenvalue weighted by atomic mass is 32.2. The number of hydrogen-bond acceptors (Lipinski definition) is 9. The molecular weight excluding hydrogens is 624 g/mol. The van der Waals surface area contributed by atoms with Gasteiger partial charge in [-0.3, -0.25) is 28.8 Å². The van der Waals surface area contributed by atoms with Crippen LogP contribution in [0.1, 0.15) is 88.0 Å². The van der Waals surface area contributed by atoms with Crippen molar-refractivity contribution in [3.8, 4) is 0 Å². The zero-order valence-corrected chi connectivity index (χ0v) is 31.7. The van der Waals surface area contributed by atoms with Gasteiger partial charge in [0.2, 0.25) is 29.5 Å². The maximum atomic E-state index is 14.2. The number of ether oxygens (including phenoxy) is 1. The third kappa shape index (κ3) is 13.3. The molecule has 47 heavy (non-hydrogen) atoms. The Morgan fingerprint density at radius 1 is 0.809 bits per heavy atom. The summed E-state index contributed by atoms with van der Waals surface area (Å²) in [4.78, 5) is 83.3. The molecule has 0 aromatic carbocycles. The molecule has 0 unspecified atom stereocenters. The highest BCUT2D eigenvalue weighted by Gasteiger charge is 2.40. The fourth-order valence-electron chi connectivity index (χ4n) is 5.03. The average molecular weight is 687 g/mol. The molecule has 0 spiro atoms. The fourth-order valence-corrected chi connectivity index (χ4v) is 6.26. The largest absolute Gasteiger partial charge is 0.468 e. The molecule has 0 heterocycles. The molecule has 0 radical (unpaired) electrons. The number of nitrogens with two attached hydrogens (primary N) is 2. The SMILES string of the molecule is CCCC(=O)N(C)[C@H](CSC(C)(C)[C@@H](N)C(=O)OC)C(=O)N(C)[C@@H](CC(C)C)C(=O)N[C@H](C(=O)N(C)[C@@H](CC(C)C)C(N)=O)C(C)C. The van der Waals surface area contributed by atoms with Gasteiger partial charge < -0.3 is 36.2 Å². The number of carbonyl (C=O) groups excluding carboxylic acids is 6. The topological polar surface area (TPSA) is 185 Å². The first kappa shape index (κ1) is 44.1. The Balaban J connectivity index is 6.49. The van der Waals surface area contributed by atoms with Crippen LogP contribution in [-0.2, 0) is 33.5 Å². The normalized spacial score (nSPS) is 15.0. The van der Waals surface area contributed by atoms with Gasteiger partial charge in [0.15, 0.2) is 0 Å². The number of amides is 5. The number of likely N-dealkylation sites (N-methyl/N-ethyl adjacent to an activating group) is 3.